The van der Waals surface area contributed by atoms with Crippen LogP contribution >= 0.6 is 0 Å². The summed E-state index contributed by atoms with van der Waals surface area (Å²) in [6.07, 6.45) is 1.07. The maximum atomic E-state index is 12.2. The van der Waals surface area contributed by atoms with Gasteiger partial charge in [-0.2, -0.15) is 8.42 Å². The first kappa shape index (κ1) is 17.7. The third kappa shape index (κ3) is 4.94. The molecule has 1 fully saturated rings. The van der Waals surface area contributed by atoms with Crippen LogP contribution in [0.3, 0.4) is 0 Å². The van der Waals surface area contributed by atoms with Crippen molar-refractivity contribution in [3.05, 3.63) is 30.3 Å². The lowest BCUT2D eigenvalue weighted by Gasteiger charge is -2.28. The van der Waals surface area contributed by atoms with Gasteiger partial charge in [0.15, 0.2) is 0 Å². The first-order valence-corrected chi connectivity index (χ1v) is 9.04. The Balaban J connectivity index is 1.98. The molecule has 128 valence electrons. The number of rotatable bonds is 4. The molecule has 6 nitrogen and oxygen atoms in total. The summed E-state index contributed by atoms with van der Waals surface area (Å²) in [6, 6.07) is 7.69. The molecule has 1 amide bonds. The molecule has 0 unspecified atom stereocenters. The van der Waals surface area contributed by atoms with Crippen molar-refractivity contribution in [1.82, 2.24) is 4.90 Å². The van der Waals surface area contributed by atoms with E-state index in [2.05, 4.69) is 0 Å². The van der Waals surface area contributed by atoms with Gasteiger partial charge in [-0.1, -0.05) is 18.2 Å². The van der Waals surface area contributed by atoms with Crippen LogP contribution in [0.2, 0.25) is 0 Å². The number of amides is 1. The molecule has 0 N–H and O–H groups in total. The molecule has 0 bridgehead atoms. The van der Waals surface area contributed by atoms with Crippen LogP contribution < -0.4 is 0 Å². The molecule has 0 radical (unpaired) electrons. The summed E-state index contributed by atoms with van der Waals surface area (Å²) in [5.74, 6) is 0. The van der Waals surface area contributed by atoms with Crippen LogP contribution in [0.1, 0.15) is 33.6 Å². The van der Waals surface area contributed by atoms with E-state index in [0.29, 0.717) is 13.0 Å². The smallest absolute Gasteiger partial charge is 0.410 e. The van der Waals surface area contributed by atoms with Crippen molar-refractivity contribution >= 4 is 16.2 Å². The highest BCUT2D eigenvalue weighted by Gasteiger charge is 2.33. The van der Waals surface area contributed by atoms with Crippen LogP contribution in [0.4, 0.5) is 4.79 Å². The van der Waals surface area contributed by atoms with Gasteiger partial charge in [-0.15, -0.1) is 0 Å². The molecule has 1 atom stereocenters. The van der Waals surface area contributed by atoms with Crippen molar-refractivity contribution in [2.45, 2.75) is 50.2 Å². The fraction of sp³-hybridized carbons (Fsp3) is 0.562. The van der Waals surface area contributed by atoms with Gasteiger partial charge >= 0.3 is 6.09 Å². The van der Waals surface area contributed by atoms with E-state index >= 15 is 0 Å². The van der Waals surface area contributed by atoms with Gasteiger partial charge in [0.25, 0.3) is 10.1 Å². The third-order valence-corrected chi connectivity index (χ3v) is 4.75. The van der Waals surface area contributed by atoms with Crippen LogP contribution in [-0.2, 0) is 19.0 Å². The average molecular weight is 341 g/mol. The Labute approximate surface area is 137 Å². The van der Waals surface area contributed by atoms with Crippen LogP contribution in [0, 0.1) is 0 Å². The molecule has 0 saturated carbocycles. The zero-order valence-corrected chi connectivity index (χ0v) is 14.5. The maximum Gasteiger partial charge on any atom is 0.410 e. The number of carbonyl (C=O) groups is 1. The fourth-order valence-corrected chi connectivity index (χ4v) is 3.36. The van der Waals surface area contributed by atoms with Crippen LogP contribution in [0.15, 0.2) is 35.2 Å². The average Bonchev–Trinajstić information content (AvgIpc) is 2.93. The Morgan fingerprint density at radius 2 is 1.91 bits per heavy atom. The predicted molar refractivity (Wildman–Crippen MR) is 85.5 cm³/mol. The summed E-state index contributed by atoms with van der Waals surface area (Å²) in [5.41, 5.74) is -0.582. The molecular weight excluding hydrogens is 318 g/mol. The molecule has 1 saturated heterocycles. The molecule has 0 spiro atoms. The Bertz CT molecular complexity index is 636. The Kier molecular flexibility index (Phi) is 5.31. The molecule has 2 rings (SSSR count). The van der Waals surface area contributed by atoms with E-state index in [-0.39, 0.29) is 17.5 Å². The van der Waals surface area contributed by atoms with Crippen molar-refractivity contribution in [3.8, 4) is 0 Å². The van der Waals surface area contributed by atoms with E-state index in [1.54, 1.807) is 43.9 Å². The maximum absolute atomic E-state index is 12.2. The summed E-state index contributed by atoms with van der Waals surface area (Å²) in [4.78, 5) is 13.8. The number of carbonyl (C=O) groups excluding carboxylic acids is 1. The van der Waals surface area contributed by atoms with Crippen molar-refractivity contribution in [2.75, 3.05) is 13.2 Å². The predicted octanol–water partition coefficient (Wildman–Crippen LogP) is 2.79. The minimum absolute atomic E-state index is 0.0591. The van der Waals surface area contributed by atoms with Gasteiger partial charge in [-0.05, 0) is 45.7 Å². The lowest BCUT2D eigenvalue weighted by molar-refractivity contribution is 0.0189. The van der Waals surface area contributed by atoms with Gasteiger partial charge < -0.3 is 9.64 Å². The zero-order valence-electron chi connectivity index (χ0n) is 13.7. The first-order valence-electron chi connectivity index (χ1n) is 7.63. The summed E-state index contributed by atoms with van der Waals surface area (Å²) < 4.78 is 34.8. The Morgan fingerprint density at radius 3 is 2.52 bits per heavy atom. The fourth-order valence-electron chi connectivity index (χ4n) is 2.39. The largest absolute Gasteiger partial charge is 0.444 e. The second-order valence-corrected chi connectivity index (χ2v) is 8.14. The van der Waals surface area contributed by atoms with E-state index in [0.717, 1.165) is 6.42 Å². The zero-order chi connectivity index (χ0) is 17.1. The van der Waals surface area contributed by atoms with E-state index in [4.69, 9.17) is 8.92 Å². The van der Waals surface area contributed by atoms with Crippen molar-refractivity contribution in [2.24, 2.45) is 0 Å². The second kappa shape index (κ2) is 6.88. The molecular formula is C16H23NO5S. The highest BCUT2D eigenvalue weighted by atomic mass is 32.2. The number of nitrogens with zero attached hydrogens (tertiary/aromatic N) is 1. The second-order valence-electron chi connectivity index (χ2n) is 6.52. The van der Waals surface area contributed by atoms with E-state index in [1.165, 1.54) is 12.1 Å². The first-order chi connectivity index (χ1) is 10.7. The number of hydrogen-bond donors (Lipinski definition) is 0. The van der Waals surface area contributed by atoms with E-state index in [9.17, 15) is 13.2 Å². The van der Waals surface area contributed by atoms with Crippen molar-refractivity contribution < 1.29 is 22.1 Å². The summed E-state index contributed by atoms with van der Waals surface area (Å²) in [7, 11) is -3.81. The quantitative estimate of drug-likeness (QED) is 0.787. The number of ether oxygens (including phenoxy) is 1. The van der Waals surface area contributed by atoms with E-state index in [1.807, 2.05) is 0 Å². The monoisotopic (exact) mass is 341 g/mol. The van der Waals surface area contributed by atoms with Crippen molar-refractivity contribution in [3.63, 3.8) is 0 Å². The summed E-state index contributed by atoms with van der Waals surface area (Å²) >= 11 is 0. The molecule has 0 aromatic heterocycles. The van der Waals surface area contributed by atoms with Gasteiger partial charge in [0.2, 0.25) is 0 Å². The SMILES string of the molecule is CC(C)(C)OC(=O)N1CCC[C@H]1COS(=O)(=O)c1ccccc1. The molecule has 23 heavy (non-hydrogen) atoms. The number of hydrogen-bond acceptors (Lipinski definition) is 5. The highest BCUT2D eigenvalue weighted by Crippen LogP contribution is 2.22. The normalized spacial score (nSPS) is 18.9. The van der Waals surface area contributed by atoms with Gasteiger partial charge in [0.05, 0.1) is 17.5 Å². The Hall–Kier alpha value is -1.60. The third-order valence-electron chi connectivity index (χ3n) is 3.45. The summed E-state index contributed by atoms with van der Waals surface area (Å²) in [6.45, 7) is 5.88. The van der Waals surface area contributed by atoms with Gasteiger partial charge in [-0.3, -0.25) is 4.18 Å². The standard InChI is InChI=1S/C16H23NO5S/c1-16(2,3)22-15(18)17-11-7-8-13(17)12-21-23(19,20)14-9-5-4-6-10-14/h4-6,9-10,13H,7-8,11-12H2,1-3H3/t13-/m0/s1. The minimum Gasteiger partial charge on any atom is -0.444 e. The lowest BCUT2D eigenvalue weighted by Crippen LogP contribution is -2.42. The molecule has 1 aromatic rings. The number of likely N-dealkylation sites (tertiary alicyclic amines) is 1. The Morgan fingerprint density at radius 1 is 1.26 bits per heavy atom. The van der Waals surface area contributed by atoms with Crippen LogP contribution in [0.25, 0.3) is 0 Å². The highest BCUT2D eigenvalue weighted by molar-refractivity contribution is 7.86. The molecule has 1 heterocycles. The van der Waals surface area contributed by atoms with Gasteiger partial charge in [0, 0.05) is 6.54 Å². The lowest BCUT2D eigenvalue weighted by atomic mass is 10.2. The van der Waals surface area contributed by atoms with Gasteiger partial charge in [-0.25, -0.2) is 4.79 Å². The minimum atomic E-state index is -3.81. The molecule has 1 aliphatic heterocycles. The number of benzene rings is 1. The summed E-state index contributed by atoms with van der Waals surface area (Å²) in [5, 5.41) is 0. The molecule has 1 aliphatic rings. The van der Waals surface area contributed by atoms with Crippen molar-refractivity contribution in [1.29, 1.82) is 0 Å². The van der Waals surface area contributed by atoms with Crippen LogP contribution in [0.5, 0.6) is 0 Å². The topological polar surface area (TPSA) is 72.9 Å². The molecule has 0 aliphatic carbocycles. The molecule has 1 aromatic carbocycles. The van der Waals surface area contributed by atoms with Crippen LogP contribution in [-0.4, -0.2) is 44.2 Å². The molecule has 7 heteroatoms. The van der Waals surface area contributed by atoms with Gasteiger partial charge in [0.1, 0.15) is 5.60 Å². The van der Waals surface area contributed by atoms with E-state index < -0.39 is 21.8 Å².